The molecule has 2 N–H and O–H groups in total. The smallest absolute Gasteiger partial charge is 0.326 e. The van der Waals surface area contributed by atoms with E-state index in [1.54, 1.807) is 13.8 Å². The molecular weight excluding hydrogens is 253 g/mol. The quantitative estimate of drug-likeness (QED) is 0.863. The number of nitrogens with zero attached hydrogens (tertiary/aromatic N) is 1. The topological polar surface area (TPSA) is 29.3 Å². The van der Waals surface area contributed by atoms with E-state index >= 15 is 0 Å². The lowest BCUT2D eigenvalue weighted by Crippen LogP contribution is -2.55. The normalized spacial score (nSPS) is 15.5. The van der Waals surface area contributed by atoms with E-state index in [9.17, 15) is 13.2 Å². The van der Waals surface area contributed by atoms with Crippen molar-refractivity contribution in [2.24, 2.45) is 5.73 Å². The van der Waals surface area contributed by atoms with Crippen molar-refractivity contribution >= 4 is 0 Å². The molecule has 0 bridgehead atoms. The van der Waals surface area contributed by atoms with E-state index in [1.807, 2.05) is 30.3 Å². The zero-order chi connectivity index (χ0) is 14.5. The highest BCUT2D eigenvalue weighted by atomic mass is 19.4. The monoisotopic (exact) mass is 274 g/mol. The molecule has 1 aromatic rings. The minimum Gasteiger partial charge on any atom is -0.326 e. The summed E-state index contributed by atoms with van der Waals surface area (Å²) in [4.78, 5) is 1.39. The third-order valence-electron chi connectivity index (χ3n) is 3.24. The van der Waals surface area contributed by atoms with Gasteiger partial charge in [-0.3, -0.25) is 4.90 Å². The number of alkyl halides is 3. The van der Waals surface area contributed by atoms with Crippen LogP contribution in [0.2, 0.25) is 0 Å². The van der Waals surface area contributed by atoms with E-state index in [1.165, 1.54) is 4.90 Å². The standard InChI is InChI=1S/C14H21F3N2/c1-3-12(18)13(14(15,16)17)19(4-2)10-11-8-6-5-7-9-11/h5-9,12-13H,3-4,10,18H2,1-2H3. The Kier molecular flexibility index (Phi) is 5.82. The minimum absolute atomic E-state index is 0.259. The molecule has 2 atom stereocenters. The fourth-order valence-corrected chi connectivity index (χ4v) is 2.17. The van der Waals surface area contributed by atoms with Gasteiger partial charge in [0.2, 0.25) is 0 Å². The Bertz CT molecular complexity index is 365. The number of likely N-dealkylation sites (N-methyl/N-ethyl adjacent to an activating group) is 1. The maximum absolute atomic E-state index is 13.2. The van der Waals surface area contributed by atoms with Crippen LogP contribution in [-0.4, -0.2) is 29.7 Å². The first-order valence-electron chi connectivity index (χ1n) is 6.50. The molecule has 0 aliphatic carbocycles. The molecular formula is C14H21F3N2. The van der Waals surface area contributed by atoms with Gasteiger partial charge in [0, 0.05) is 12.6 Å². The van der Waals surface area contributed by atoms with Crippen LogP contribution in [0.5, 0.6) is 0 Å². The molecule has 0 aliphatic heterocycles. The van der Waals surface area contributed by atoms with E-state index in [4.69, 9.17) is 5.73 Å². The third-order valence-corrected chi connectivity index (χ3v) is 3.24. The van der Waals surface area contributed by atoms with E-state index in [0.717, 1.165) is 5.56 Å². The Hall–Kier alpha value is -1.07. The van der Waals surface area contributed by atoms with Crippen LogP contribution in [0, 0.1) is 0 Å². The van der Waals surface area contributed by atoms with Crippen LogP contribution in [0.25, 0.3) is 0 Å². The molecule has 0 fully saturated rings. The van der Waals surface area contributed by atoms with Crippen LogP contribution in [0.1, 0.15) is 25.8 Å². The number of halogens is 3. The average molecular weight is 274 g/mol. The predicted octanol–water partition coefficient (Wildman–Crippen LogP) is 3.18. The molecule has 1 rings (SSSR count). The first-order valence-corrected chi connectivity index (χ1v) is 6.50. The van der Waals surface area contributed by atoms with Crippen molar-refractivity contribution in [3.63, 3.8) is 0 Å². The molecule has 5 heteroatoms. The zero-order valence-electron chi connectivity index (χ0n) is 11.3. The summed E-state index contributed by atoms with van der Waals surface area (Å²) in [6.45, 7) is 3.98. The number of hydrogen-bond acceptors (Lipinski definition) is 2. The lowest BCUT2D eigenvalue weighted by molar-refractivity contribution is -0.190. The lowest BCUT2D eigenvalue weighted by Gasteiger charge is -2.35. The molecule has 0 aliphatic rings. The summed E-state index contributed by atoms with van der Waals surface area (Å²) >= 11 is 0. The van der Waals surface area contributed by atoms with Crippen LogP contribution in [0.3, 0.4) is 0 Å². The Morgan fingerprint density at radius 3 is 2.16 bits per heavy atom. The van der Waals surface area contributed by atoms with Crippen molar-refractivity contribution in [3.8, 4) is 0 Å². The van der Waals surface area contributed by atoms with Crippen LogP contribution < -0.4 is 5.73 Å². The number of hydrogen-bond donors (Lipinski definition) is 1. The Labute approximate surface area is 112 Å². The molecule has 0 spiro atoms. The Balaban J connectivity index is 2.91. The van der Waals surface area contributed by atoms with Gasteiger partial charge in [-0.1, -0.05) is 44.2 Å². The summed E-state index contributed by atoms with van der Waals surface area (Å²) in [5.41, 5.74) is 6.53. The van der Waals surface area contributed by atoms with Gasteiger partial charge in [-0.05, 0) is 18.5 Å². The second-order valence-corrected chi connectivity index (χ2v) is 4.61. The highest BCUT2D eigenvalue weighted by molar-refractivity contribution is 5.14. The van der Waals surface area contributed by atoms with Gasteiger partial charge in [-0.25, -0.2) is 0 Å². The summed E-state index contributed by atoms with van der Waals surface area (Å²) in [5.74, 6) is 0. The van der Waals surface area contributed by atoms with Gasteiger partial charge >= 0.3 is 6.18 Å². The predicted molar refractivity (Wildman–Crippen MR) is 70.6 cm³/mol. The molecule has 0 radical (unpaired) electrons. The largest absolute Gasteiger partial charge is 0.405 e. The first kappa shape index (κ1) is 16.0. The molecule has 0 saturated heterocycles. The van der Waals surface area contributed by atoms with Crippen molar-refractivity contribution in [1.29, 1.82) is 0 Å². The molecule has 108 valence electrons. The van der Waals surface area contributed by atoms with Crippen molar-refractivity contribution in [1.82, 2.24) is 4.90 Å². The van der Waals surface area contributed by atoms with Gasteiger partial charge in [0.05, 0.1) is 0 Å². The molecule has 0 amide bonds. The maximum Gasteiger partial charge on any atom is 0.405 e. The third kappa shape index (κ3) is 4.51. The van der Waals surface area contributed by atoms with E-state index in [0.29, 0.717) is 13.0 Å². The van der Waals surface area contributed by atoms with E-state index < -0.39 is 18.3 Å². The SMILES string of the molecule is CCC(N)C(N(CC)Cc1ccccc1)C(F)(F)F. The fraction of sp³-hybridized carbons (Fsp3) is 0.571. The highest BCUT2D eigenvalue weighted by Gasteiger charge is 2.46. The van der Waals surface area contributed by atoms with Crippen molar-refractivity contribution in [2.45, 2.75) is 45.1 Å². The average Bonchev–Trinajstić information content (AvgIpc) is 2.37. The van der Waals surface area contributed by atoms with Crippen molar-refractivity contribution in [2.75, 3.05) is 6.54 Å². The first-order chi connectivity index (χ1) is 8.90. The number of nitrogens with two attached hydrogens (primary N) is 1. The van der Waals surface area contributed by atoms with E-state index in [2.05, 4.69) is 0 Å². The van der Waals surface area contributed by atoms with Crippen LogP contribution in [0.4, 0.5) is 13.2 Å². The van der Waals surface area contributed by atoms with Crippen molar-refractivity contribution < 1.29 is 13.2 Å². The van der Waals surface area contributed by atoms with Crippen LogP contribution in [0.15, 0.2) is 30.3 Å². The number of rotatable bonds is 6. The second-order valence-electron chi connectivity index (χ2n) is 4.61. The second kappa shape index (κ2) is 6.91. The summed E-state index contributed by atoms with van der Waals surface area (Å²) in [6.07, 6.45) is -4.00. The van der Waals surface area contributed by atoms with E-state index in [-0.39, 0.29) is 6.54 Å². The molecule has 19 heavy (non-hydrogen) atoms. The van der Waals surface area contributed by atoms with Gasteiger partial charge in [0.25, 0.3) is 0 Å². The summed E-state index contributed by atoms with van der Waals surface area (Å²) in [6, 6.07) is 6.66. The van der Waals surface area contributed by atoms with Gasteiger partial charge in [0.15, 0.2) is 0 Å². The molecule has 0 heterocycles. The van der Waals surface area contributed by atoms with Gasteiger partial charge in [-0.2, -0.15) is 13.2 Å². The van der Waals surface area contributed by atoms with Crippen LogP contribution in [-0.2, 0) is 6.54 Å². The highest BCUT2D eigenvalue weighted by Crippen LogP contribution is 2.28. The molecule has 0 aromatic heterocycles. The van der Waals surface area contributed by atoms with Gasteiger partial charge in [-0.15, -0.1) is 0 Å². The number of benzene rings is 1. The summed E-state index contributed by atoms with van der Waals surface area (Å²) < 4.78 is 39.5. The molecule has 0 saturated carbocycles. The summed E-state index contributed by atoms with van der Waals surface area (Å²) in [7, 11) is 0. The Morgan fingerprint density at radius 2 is 1.74 bits per heavy atom. The molecule has 2 nitrogen and oxygen atoms in total. The fourth-order valence-electron chi connectivity index (χ4n) is 2.17. The van der Waals surface area contributed by atoms with Gasteiger partial charge in [0.1, 0.15) is 6.04 Å². The zero-order valence-corrected chi connectivity index (χ0v) is 11.3. The van der Waals surface area contributed by atoms with Crippen molar-refractivity contribution in [3.05, 3.63) is 35.9 Å². The molecule has 1 aromatic carbocycles. The Morgan fingerprint density at radius 1 is 1.16 bits per heavy atom. The minimum atomic E-state index is -4.31. The lowest BCUT2D eigenvalue weighted by atomic mass is 10.0. The molecule has 2 unspecified atom stereocenters. The van der Waals surface area contributed by atoms with Crippen LogP contribution >= 0.6 is 0 Å². The maximum atomic E-state index is 13.2. The summed E-state index contributed by atoms with van der Waals surface area (Å²) in [5, 5.41) is 0. The van der Waals surface area contributed by atoms with Gasteiger partial charge < -0.3 is 5.73 Å².